The summed E-state index contributed by atoms with van der Waals surface area (Å²) in [5.74, 6) is 0. The lowest BCUT2D eigenvalue weighted by Crippen LogP contribution is -2.04. The Bertz CT molecular complexity index is 577. The minimum Gasteiger partial charge on any atom is -0.166 e. The Morgan fingerprint density at radius 3 is 1.95 bits per heavy atom. The number of alkyl halides is 3. The molecule has 102 valence electrons. The van der Waals surface area contributed by atoms with Crippen LogP contribution in [0, 0.1) is 20.8 Å². The van der Waals surface area contributed by atoms with E-state index in [0.29, 0.717) is 6.42 Å². The molecular weight excluding hydrogens is 269 g/mol. The van der Waals surface area contributed by atoms with Crippen molar-refractivity contribution < 1.29 is 13.2 Å². The van der Waals surface area contributed by atoms with Crippen LogP contribution in [-0.4, -0.2) is 0 Å². The molecule has 0 aliphatic rings. The molecule has 0 radical (unpaired) electrons. The molecule has 0 bridgehead atoms. The Hall–Kier alpha value is -1.29. The van der Waals surface area contributed by atoms with Crippen LogP contribution in [0.2, 0.25) is 0 Å². The van der Waals surface area contributed by atoms with Crippen molar-refractivity contribution in [2.75, 3.05) is 0 Å². The van der Waals surface area contributed by atoms with Crippen molar-refractivity contribution in [2.45, 2.75) is 33.4 Å². The van der Waals surface area contributed by atoms with Crippen LogP contribution in [0.4, 0.5) is 13.2 Å². The fourth-order valence-electron chi connectivity index (χ4n) is 2.12. The predicted molar refractivity (Wildman–Crippen MR) is 72.8 cm³/mol. The van der Waals surface area contributed by atoms with Gasteiger partial charge in [0.1, 0.15) is 0 Å². The van der Waals surface area contributed by atoms with Crippen LogP contribution in [-0.2, 0) is 12.6 Å². The van der Waals surface area contributed by atoms with E-state index in [1.54, 1.807) is 23.5 Å². The summed E-state index contributed by atoms with van der Waals surface area (Å²) >= 11 is 1.74. The van der Waals surface area contributed by atoms with E-state index in [2.05, 4.69) is 20.8 Å². The molecule has 0 N–H and O–H groups in total. The summed E-state index contributed by atoms with van der Waals surface area (Å²) < 4.78 is 37.4. The van der Waals surface area contributed by atoms with Gasteiger partial charge in [0.2, 0.25) is 0 Å². The summed E-state index contributed by atoms with van der Waals surface area (Å²) in [5, 5.41) is 0. The number of rotatable bonds is 2. The monoisotopic (exact) mass is 284 g/mol. The van der Waals surface area contributed by atoms with Crippen molar-refractivity contribution in [1.29, 1.82) is 0 Å². The lowest BCUT2D eigenvalue weighted by atomic mass is 10.0. The zero-order valence-corrected chi connectivity index (χ0v) is 11.9. The molecule has 0 atom stereocenters. The van der Waals surface area contributed by atoms with Gasteiger partial charge in [-0.25, -0.2) is 0 Å². The van der Waals surface area contributed by atoms with Gasteiger partial charge in [0, 0.05) is 9.75 Å². The minimum absolute atomic E-state index is 0.591. The van der Waals surface area contributed by atoms with Crippen LogP contribution < -0.4 is 0 Å². The number of hydrogen-bond acceptors (Lipinski definition) is 1. The van der Waals surface area contributed by atoms with Gasteiger partial charge >= 0.3 is 6.18 Å². The number of benzene rings is 1. The smallest absolute Gasteiger partial charge is 0.166 e. The first kappa shape index (κ1) is 14.1. The van der Waals surface area contributed by atoms with Gasteiger partial charge in [-0.3, -0.25) is 0 Å². The summed E-state index contributed by atoms with van der Waals surface area (Å²) in [6.45, 7) is 6.20. The summed E-state index contributed by atoms with van der Waals surface area (Å²) in [5.41, 5.74) is 2.81. The Labute approximate surface area is 114 Å². The van der Waals surface area contributed by atoms with E-state index >= 15 is 0 Å². The van der Waals surface area contributed by atoms with Crippen molar-refractivity contribution in [2.24, 2.45) is 0 Å². The van der Waals surface area contributed by atoms with Crippen LogP contribution in [0.5, 0.6) is 0 Å². The molecule has 0 saturated heterocycles. The SMILES string of the molecule is Cc1sc(C)c(Cc2ccc(C(F)(F)F)cc2)c1C. The van der Waals surface area contributed by atoms with Crippen LogP contribution in [0.3, 0.4) is 0 Å². The maximum absolute atomic E-state index is 12.5. The fraction of sp³-hybridized carbons (Fsp3) is 0.333. The zero-order chi connectivity index (χ0) is 14.2. The second kappa shape index (κ2) is 5.00. The molecule has 0 amide bonds. The zero-order valence-electron chi connectivity index (χ0n) is 11.1. The molecule has 4 heteroatoms. The standard InChI is InChI=1S/C15H15F3S/c1-9-10(2)19-11(3)14(9)8-12-4-6-13(7-5-12)15(16,17)18/h4-7H,8H2,1-3H3. The molecule has 0 nitrogen and oxygen atoms in total. The van der Waals surface area contributed by atoms with Crippen LogP contribution in [0.15, 0.2) is 24.3 Å². The lowest BCUT2D eigenvalue weighted by molar-refractivity contribution is -0.137. The number of halogens is 3. The Balaban J connectivity index is 2.25. The topological polar surface area (TPSA) is 0 Å². The van der Waals surface area contributed by atoms with Crippen molar-refractivity contribution in [3.8, 4) is 0 Å². The van der Waals surface area contributed by atoms with Crippen molar-refractivity contribution in [3.63, 3.8) is 0 Å². The molecule has 0 aliphatic carbocycles. The van der Waals surface area contributed by atoms with Gasteiger partial charge in [-0.2, -0.15) is 13.2 Å². The van der Waals surface area contributed by atoms with E-state index in [-0.39, 0.29) is 0 Å². The molecule has 2 aromatic rings. The third kappa shape index (κ3) is 3.00. The maximum Gasteiger partial charge on any atom is 0.416 e. The third-order valence-electron chi connectivity index (χ3n) is 3.37. The van der Waals surface area contributed by atoms with Crippen molar-refractivity contribution in [1.82, 2.24) is 0 Å². The van der Waals surface area contributed by atoms with Crippen LogP contribution in [0.1, 0.15) is 32.0 Å². The van der Waals surface area contributed by atoms with Crippen molar-refractivity contribution >= 4 is 11.3 Å². The third-order valence-corrected chi connectivity index (χ3v) is 4.54. The second-order valence-electron chi connectivity index (χ2n) is 4.69. The highest BCUT2D eigenvalue weighted by Crippen LogP contribution is 2.31. The van der Waals surface area contributed by atoms with E-state index in [1.807, 2.05) is 0 Å². The molecule has 19 heavy (non-hydrogen) atoms. The average molecular weight is 284 g/mol. The van der Waals surface area contributed by atoms with Gasteiger partial charge in [-0.15, -0.1) is 11.3 Å². The van der Waals surface area contributed by atoms with E-state index in [4.69, 9.17) is 0 Å². The highest BCUT2D eigenvalue weighted by molar-refractivity contribution is 7.12. The molecule has 2 rings (SSSR count). The van der Waals surface area contributed by atoms with Crippen LogP contribution >= 0.6 is 11.3 Å². The van der Waals surface area contributed by atoms with Gasteiger partial charge < -0.3 is 0 Å². The first-order valence-electron chi connectivity index (χ1n) is 6.00. The van der Waals surface area contributed by atoms with E-state index in [0.717, 1.165) is 17.7 Å². The quantitative estimate of drug-likeness (QED) is 0.703. The largest absolute Gasteiger partial charge is 0.416 e. The predicted octanol–water partition coefficient (Wildman–Crippen LogP) is 5.28. The molecule has 0 unspecified atom stereocenters. The maximum atomic E-state index is 12.5. The highest BCUT2D eigenvalue weighted by atomic mass is 32.1. The molecule has 0 spiro atoms. The molecule has 1 aromatic carbocycles. The average Bonchev–Trinajstić information content (AvgIpc) is 2.56. The van der Waals surface area contributed by atoms with E-state index in [9.17, 15) is 13.2 Å². The summed E-state index contributed by atoms with van der Waals surface area (Å²) in [6, 6.07) is 5.43. The number of hydrogen-bond donors (Lipinski definition) is 0. The van der Waals surface area contributed by atoms with Crippen LogP contribution in [0.25, 0.3) is 0 Å². The molecule has 0 fully saturated rings. The Kier molecular flexibility index (Phi) is 3.72. The Morgan fingerprint density at radius 2 is 1.53 bits per heavy atom. The summed E-state index contributed by atoms with van der Waals surface area (Å²) in [4.78, 5) is 2.52. The molecule has 1 heterocycles. The first-order chi connectivity index (χ1) is 8.79. The van der Waals surface area contributed by atoms with Gasteiger partial charge in [0.25, 0.3) is 0 Å². The summed E-state index contributed by atoms with van der Waals surface area (Å²) in [7, 11) is 0. The minimum atomic E-state index is -4.26. The summed E-state index contributed by atoms with van der Waals surface area (Å²) in [6.07, 6.45) is -3.57. The lowest BCUT2D eigenvalue weighted by Gasteiger charge is -2.08. The normalized spacial score (nSPS) is 11.9. The van der Waals surface area contributed by atoms with Gasteiger partial charge in [0.15, 0.2) is 0 Å². The number of thiophene rings is 1. The molecule has 0 aliphatic heterocycles. The van der Waals surface area contributed by atoms with Crippen molar-refractivity contribution in [3.05, 3.63) is 56.3 Å². The number of aryl methyl sites for hydroxylation is 2. The Morgan fingerprint density at radius 1 is 0.947 bits per heavy atom. The highest BCUT2D eigenvalue weighted by Gasteiger charge is 2.29. The molecular formula is C15H15F3S. The van der Waals surface area contributed by atoms with Gasteiger partial charge in [-0.1, -0.05) is 12.1 Å². The molecule has 0 saturated carbocycles. The second-order valence-corrected chi connectivity index (χ2v) is 6.12. The van der Waals surface area contributed by atoms with E-state index in [1.165, 1.54) is 20.9 Å². The first-order valence-corrected chi connectivity index (χ1v) is 6.82. The van der Waals surface area contributed by atoms with Gasteiger partial charge in [-0.05, 0) is 56.0 Å². The fourth-order valence-corrected chi connectivity index (χ4v) is 3.20. The van der Waals surface area contributed by atoms with E-state index < -0.39 is 11.7 Å². The molecule has 1 aromatic heterocycles. The van der Waals surface area contributed by atoms with Gasteiger partial charge in [0.05, 0.1) is 5.56 Å².